The number of aromatic nitrogens is 1. The molecule has 1 atom stereocenters. The Labute approximate surface area is 118 Å². The summed E-state index contributed by atoms with van der Waals surface area (Å²) < 4.78 is 5.60. The van der Waals surface area contributed by atoms with Gasteiger partial charge in [-0.2, -0.15) is 0 Å². The van der Waals surface area contributed by atoms with Gasteiger partial charge in [-0.05, 0) is 35.8 Å². The van der Waals surface area contributed by atoms with Crippen LogP contribution in [0.2, 0.25) is 0 Å². The zero-order chi connectivity index (χ0) is 14.4. The first kappa shape index (κ1) is 15.2. The molecule has 1 aromatic heterocycles. The molecule has 0 radical (unpaired) electrons. The first-order chi connectivity index (χ1) is 8.93. The molecule has 3 amide bonds. The molecule has 3 N–H and O–H groups in total. The van der Waals surface area contributed by atoms with Gasteiger partial charge in [-0.25, -0.2) is 9.59 Å². The minimum Gasteiger partial charge on any atom is -0.448 e. The average Bonchev–Trinajstić information content (AvgIpc) is 2.76. The van der Waals surface area contributed by atoms with Crippen LogP contribution in [0.4, 0.5) is 4.79 Å². The minimum absolute atomic E-state index is 0.213. The van der Waals surface area contributed by atoms with Crippen LogP contribution >= 0.6 is 15.9 Å². The van der Waals surface area contributed by atoms with Crippen molar-refractivity contribution in [1.29, 1.82) is 0 Å². The highest BCUT2D eigenvalue weighted by Crippen LogP contribution is 2.12. The van der Waals surface area contributed by atoms with E-state index in [2.05, 4.69) is 31.5 Å². The summed E-state index contributed by atoms with van der Waals surface area (Å²) in [5.41, 5.74) is 0.213. The Morgan fingerprint density at radius 2 is 2.16 bits per heavy atom. The Bertz CT molecular complexity index is 486. The molecule has 19 heavy (non-hydrogen) atoms. The number of imide groups is 1. The number of hydrogen-bond acceptors (Lipinski definition) is 4. The highest BCUT2D eigenvalue weighted by Gasteiger charge is 2.21. The van der Waals surface area contributed by atoms with Crippen molar-refractivity contribution in [2.75, 3.05) is 6.54 Å². The summed E-state index contributed by atoms with van der Waals surface area (Å²) in [6.07, 6.45) is 0.493. The normalized spacial score (nSPS) is 11.5. The second-order valence-corrected chi connectivity index (χ2v) is 4.54. The maximum atomic E-state index is 11.6. The average molecular weight is 332 g/mol. The van der Waals surface area contributed by atoms with Gasteiger partial charge >= 0.3 is 12.0 Å². The SMILES string of the molecule is CCNC(=O)NC(=O)C(C)OC(=O)c1cc(Br)c[nH]1. The summed E-state index contributed by atoms with van der Waals surface area (Å²) in [6.45, 7) is 3.49. The number of rotatable bonds is 4. The summed E-state index contributed by atoms with van der Waals surface area (Å²) >= 11 is 3.17. The van der Waals surface area contributed by atoms with Gasteiger partial charge in [-0.1, -0.05) is 0 Å². The standard InChI is InChI=1S/C11H14BrN3O4/c1-3-13-11(18)15-9(16)6(2)19-10(17)8-4-7(12)5-14-8/h4-6,14H,3H2,1-2H3,(H2,13,15,16,18). The molecule has 0 aliphatic rings. The van der Waals surface area contributed by atoms with Gasteiger partial charge in [0.2, 0.25) is 0 Å². The monoisotopic (exact) mass is 331 g/mol. The molecule has 1 unspecified atom stereocenters. The maximum absolute atomic E-state index is 11.6. The number of carbonyl (C=O) groups excluding carboxylic acids is 3. The second-order valence-electron chi connectivity index (χ2n) is 3.63. The van der Waals surface area contributed by atoms with Crippen LogP contribution in [-0.4, -0.2) is 35.5 Å². The molecule has 8 heteroatoms. The number of esters is 1. The van der Waals surface area contributed by atoms with Crippen LogP contribution in [0.5, 0.6) is 0 Å². The molecule has 1 heterocycles. The summed E-state index contributed by atoms with van der Waals surface area (Å²) in [5.74, 6) is -1.37. The molecule has 1 rings (SSSR count). The number of carbonyl (C=O) groups is 3. The van der Waals surface area contributed by atoms with Crippen LogP contribution in [0.3, 0.4) is 0 Å². The largest absolute Gasteiger partial charge is 0.448 e. The third kappa shape index (κ3) is 4.74. The number of aromatic amines is 1. The highest BCUT2D eigenvalue weighted by atomic mass is 79.9. The van der Waals surface area contributed by atoms with E-state index in [1.807, 2.05) is 0 Å². The van der Waals surface area contributed by atoms with Crippen molar-refractivity contribution in [2.24, 2.45) is 0 Å². The fourth-order valence-electron chi connectivity index (χ4n) is 1.18. The molecule has 0 spiro atoms. The molecule has 0 aliphatic carbocycles. The van der Waals surface area contributed by atoms with Crippen molar-refractivity contribution in [2.45, 2.75) is 20.0 Å². The van der Waals surface area contributed by atoms with Crippen LogP contribution < -0.4 is 10.6 Å². The predicted octanol–water partition coefficient (Wildman–Crippen LogP) is 1.17. The Morgan fingerprint density at radius 1 is 1.47 bits per heavy atom. The predicted molar refractivity (Wildman–Crippen MR) is 70.6 cm³/mol. The maximum Gasteiger partial charge on any atom is 0.355 e. The molecule has 0 saturated heterocycles. The van der Waals surface area contributed by atoms with E-state index in [-0.39, 0.29) is 5.69 Å². The Morgan fingerprint density at radius 3 is 2.68 bits per heavy atom. The van der Waals surface area contributed by atoms with Crippen molar-refractivity contribution < 1.29 is 19.1 Å². The molecule has 1 aromatic rings. The summed E-state index contributed by atoms with van der Waals surface area (Å²) in [5, 5.41) is 4.45. The van der Waals surface area contributed by atoms with Crippen LogP contribution in [0.25, 0.3) is 0 Å². The molecule has 0 saturated carbocycles. The van der Waals surface area contributed by atoms with E-state index in [0.29, 0.717) is 11.0 Å². The van der Waals surface area contributed by atoms with Crippen LogP contribution in [0.15, 0.2) is 16.7 Å². The van der Waals surface area contributed by atoms with Gasteiger partial charge in [0.25, 0.3) is 5.91 Å². The van der Waals surface area contributed by atoms with Gasteiger partial charge in [-0.15, -0.1) is 0 Å². The van der Waals surface area contributed by atoms with Crippen molar-refractivity contribution in [3.05, 3.63) is 22.4 Å². The van der Waals surface area contributed by atoms with Gasteiger partial charge in [-0.3, -0.25) is 10.1 Å². The van der Waals surface area contributed by atoms with Crippen molar-refractivity contribution in [1.82, 2.24) is 15.6 Å². The van der Waals surface area contributed by atoms with Gasteiger partial charge in [0, 0.05) is 17.2 Å². The number of ether oxygens (including phenoxy) is 1. The van der Waals surface area contributed by atoms with E-state index in [4.69, 9.17) is 4.74 Å². The first-order valence-electron chi connectivity index (χ1n) is 5.57. The van der Waals surface area contributed by atoms with E-state index in [1.54, 1.807) is 13.1 Å². The molecule has 0 fully saturated rings. The number of nitrogens with one attached hydrogen (secondary N) is 3. The quantitative estimate of drug-likeness (QED) is 0.721. The van der Waals surface area contributed by atoms with Crippen LogP contribution in [0.1, 0.15) is 24.3 Å². The van der Waals surface area contributed by atoms with Crippen molar-refractivity contribution in [3.8, 4) is 0 Å². The van der Waals surface area contributed by atoms with E-state index in [0.717, 1.165) is 0 Å². The van der Waals surface area contributed by atoms with Gasteiger partial charge in [0.15, 0.2) is 6.10 Å². The molecular formula is C11H14BrN3O4. The lowest BCUT2D eigenvalue weighted by Gasteiger charge is -2.12. The summed E-state index contributed by atoms with van der Waals surface area (Å²) in [7, 11) is 0. The van der Waals surface area contributed by atoms with Gasteiger partial charge in [0.05, 0.1) is 0 Å². The van der Waals surface area contributed by atoms with E-state index >= 15 is 0 Å². The van der Waals surface area contributed by atoms with E-state index in [1.165, 1.54) is 13.0 Å². The van der Waals surface area contributed by atoms with Crippen molar-refractivity contribution >= 4 is 33.8 Å². The highest BCUT2D eigenvalue weighted by molar-refractivity contribution is 9.10. The lowest BCUT2D eigenvalue weighted by Crippen LogP contribution is -2.44. The second kappa shape index (κ2) is 6.93. The number of halogens is 1. The molecule has 0 aliphatic heterocycles. The number of hydrogen-bond donors (Lipinski definition) is 3. The van der Waals surface area contributed by atoms with Crippen LogP contribution in [0, 0.1) is 0 Å². The van der Waals surface area contributed by atoms with E-state index in [9.17, 15) is 14.4 Å². The first-order valence-corrected chi connectivity index (χ1v) is 6.37. The van der Waals surface area contributed by atoms with Crippen LogP contribution in [-0.2, 0) is 9.53 Å². The summed E-state index contributed by atoms with van der Waals surface area (Å²) in [4.78, 5) is 37.0. The third-order valence-corrected chi connectivity index (χ3v) is 2.55. The number of H-pyrrole nitrogens is 1. The third-order valence-electron chi connectivity index (χ3n) is 2.09. The minimum atomic E-state index is -1.07. The molecule has 104 valence electrons. The topological polar surface area (TPSA) is 100 Å². The smallest absolute Gasteiger partial charge is 0.355 e. The Kier molecular flexibility index (Phi) is 5.56. The van der Waals surface area contributed by atoms with Crippen molar-refractivity contribution in [3.63, 3.8) is 0 Å². The van der Waals surface area contributed by atoms with Gasteiger partial charge < -0.3 is 15.0 Å². The molecule has 0 bridgehead atoms. The summed E-state index contributed by atoms with van der Waals surface area (Å²) in [6, 6.07) is 0.898. The lowest BCUT2D eigenvalue weighted by atomic mass is 10.3. The molecule has 0 aromatic carbocycles. The Balaban J connectivity index is 2.50. The van der Waals surface area contributed by atoms with E-state index < -0.39 is 24.0 Å². The lowest BCUT2D eigenvalue weighted by molar-refractivity contribution is -0.127. The fraction of sp³-hybridized carbons (Fsp3) is 0.364. The Hall–Kier alpha value is -1.83. The molecule has 7 nitrogen and oxygen atoms in total. The van der Waals surface area contributed by atoms with Gasteiger partial charge in [0.1, 0.15) is 5.69 Å². The fourth-order valence-corrected chi connectivity index (χ4v) is 1.52. The number of urea groups is 1. The molecular weight excluding hydrogens is 318 g/mol. The number of amides is 3. The zero-order valence-corrected chi connectivity index (χ0v) is 12.0. The zero-order valence-electron chi connectivity index (χ0n) is 10.5.